The fraction of sp³-hybridized carbons (Fsp3) is 0. The Labute approximate surface area is 85.0 Å². The molecule has 1 aromatic carbocycles. The number of fused-ring (bicyclic) bond motifs is 1. The second kappa shape index (κ2) is 3.27. The number of rotatable bonds is 1. The number of halogens is 1. The van der Waals surface area contributed by atoms with E-state index in [0.717, 1.165) is 0 Å². The average molecular weight is 208 g/mol. The van der Waals surface area contributed by atoms with Crippen LogP contribution < -0.4 is 0 Å². The first-order chi connectivity index (χ1) is 6.70. The summed E-state index contributed by atoms with van der Waals surface area (Å²) >= 11 is 5.83. The Balaban J connectivity index is 2.88. The SMILES string of the molecule is O=C(O)c1cccc2c(Cl)nccc12. The van der Waals surface area contributed by atoms with Gasteiger partial charge < -0.3 is 5.11 Å². The second-order valence-corrected chi connectivity index (χ2v) is 3.17. The van der Waals surface area contributed by atoms with E-state index in [9.17, 15) is 4.79 Å². The standard InChI is InChI=1S/C10H6ClNO2/c11-9-7-2-1-3-8(10(13)14)6(7)4-5-12-9/h1-5H,(H,13,14). The van der Waals surface area contributed by atoms with E-state index >= 15 is 0 Å². The number of carboxylic acids is 1. The molecule has 0 spiro atoms. The highest BCUT2D eigenvalue weighted by Gasteiger charge is 2.09. The maximum Gasteiger partial charge on any atom is 0.336 e. The van der Waals surface area contributed by atoms with Gasteiger partial charge in [0.15, 0.2) is 0 Å². The molecule has 1 N–H and O–H groups in total. The van der Waals surface area contributed by atoms with E-state index in [4.69, 9.17) is 16.7 Å². The molecule has 4 heteroatoms. The summed E-state index contributed by atoms with van der Waals surface area (Å²) in [4.78, 5) is 14.7. The molecule has 2 aromatic rings. The highest BCUT2D eigenvalue weighted by molar-refractivity contribution is 6.34. The zero-order chi connectivity index (χ0) is 10.1. The molecule has 1 aromatic heterocycles. The van der Waals surface area contributed by atoms with Crippen molar-refractivity contribution in [1.29, 1.82) is 0 Å². The van der Waals surface area contributed by atoms with Crippen LogP contribution in [0.1, 0.15) is 10.4 Å². The summed E-state index contributed by atoms with van der Waals surface area (Å²) in [5, 5.41) is 10.5. The summed E-state index contributed by atoms with van der Waals surface area (Å²) in [5.74, 6) is -0.960. The Morgan fingerprint density at radius 1 is 1.29 bits per heavy atom. The van der Waals surface area contributed by atoms with Crippen molar-refractivity contribution in [2.75, 3.05) is 0 Å². The summed E-state index contributed by atoms with van der Waals surface area (Å²) in [6, 6.07) is 6.59. The van der Waals surface area contributed by atoms with Crippen molar-refractivity contribution in [3.05, 3.63) is 41.2 Å². The maximum absolute atomic E-state index is 10.9. The third-order valence-corrected chi connectivity index (χ3v) is 2.29. The number of nitrogens with zero attached hydrogens (tertiary/aromatic N) is 1. The van der Waals surface area contributed by atoms with Crippen molar-refractivity contribution < 1.29 is 9.90 Å². The highest BCUT2D eigenvalue weighted by atomic mass is 35.5. The molecule has 2 rings (SSSR count). The molecule has 1 heterocycles. The first-order valence-electron chi connectivity index (χ1n) is 3.96. The van der Waals surface area contributed by atoms with Gasteiger partial charge in [-0.05, 0) is 12.1 Å². The quantitative estimate of drug-likeness (QED) is 0.732. The van der Waals surface area contributed by atoms with Gasteiger partial charge in [0.1, 0.15) is 5.15 Å². The van der Waals surface area contributed by atoms with Crippen LogP contribution >= 0.6 is 11.6 Å². The first kappa shape index (κ1) is 8.97. The zero-order valence-electron chi connectivity index (χ0n) is 7.07. The van der Waals surface area contributed by atoms with E-state index in [2.05, 4.69) is 4.98 Å². The van der Waals surface area contributed by atoms with Crippen molar-refractivity contribution in [3.63, 3.8) is 0 Å². The van der Waals surface area contributed by atoms with Gasteiger partial charge in [0, 0.05) is 17.0 Å². The van der Waals surface area contributed by atoms with Crippen LogP contribution in [0.3, 0.4) is 0 Å². The minimum Gasteiger partial charge on any atom is -0.478 e. The third kappa shape index (κ3) is 1.32. The fourth-order valence-electron chi connectivity index (χ4n) is 1.36. The lowest BCUT2D eigenvalue weighted by Gasteiger charge is -2.02. The van der Waals surface area contributed by atoms with Gasteiger partial charge in [-0.15, -0.1) is 0 Å². The van der Waals surface area contributed by atoms with E-state index in [1.54, 1.807) is 24.3 Å². The van der Waals surface area contributed by atoms with E-state index in [0.29, 0.717) is 15.9 Å². The highest BCUT2D eigenvalue weighted by Crippen LogP contribution is 2.23. The Bertz CT molecular complexity index is 510. The average Bonchev–Trinajstić information content (AvgIpc) is 2.17. The van der Waals surface area contributed by atoms with Crippen LogP contribution in [0, 0.1) is 0 Å². The molecule has 0 saturated carbocycles. The summed E-state index contributed by atoms with van der Waals surface area (Å²) < 4.78 is 0. The number of hydrogen-bond donors (Lipinski definition) is 1. The molecule has 0 unspecified atom stereocenters. The van der Waals surface area contributed by atoms with Gasteiger partial charge in [-0.3, -0.25) is 0 Å². The monoisotopic (exact) mass is 207 g/mol. The fourth-order valence-corrected chi connectivity index (χ4v) is 1.58. The normalized spacial score (nSPS) is 10.4. The summed E-state index contributed by atoms with van der Waals surface area (Å²) in [6.45, 7) is 0. The summed E-state index contributed by atoms with van der Waals surface area (Å²) in [6.07, 6.45) is 1.50. The molecule has 0 amide bonds. The lowest BCUT2D eigenvalue weighted by molar-refractivity contribution is 0.0699. The van der Waals surface area contributed by atoms with Gasteiger partial charge in [-0.1, -0.05) is 23.7 Å². The third-order valence-electron chi connectivity index (χ3n) is 1.99. The van der Waals surface area contributed by atoms with Gasteiger partial charge in [0.25, 0.3) is 0 Å². The van der Waals surface area contributed by atoms with Crippen LogP contribution in [0.4, 0.5) is 0 Å². The predicted molar refractivity (Wildman–Crippen MR) is 53.7 cm³/mol. The minimum atomic E-state index is -0.960. The van der Waals surface area contributed by atoms with Gasteiger partial charge in [-0.2, -0.15) is 0 Å². The number of carbonyl (C=O) groups is 1. The van der Waals surface area contributed by atoms with Crippen LogP contribution in [-0.2, 0) is 0 Å². The van der Waals surface area contributed by atoms with Gasteiger partial charge in [0.2, 0.25) is 0 Å². The number of aromatic carboxylic acids is 1. The van der Waals surface area contributed by atoms with E-state index in [1.807, 2.05) is 0 Å². The lowest BCUT2D eigenvalue weighted by Crippen LogP contribution is -1.97. The van der Waals surface area contributed by atoms with Crippen molar-refractivity contribution in [2.24, 2.45) is 0 Å². The lowest BCUT2D eigenvalue weighted by atomic mass is 10.1. The van der Waals surface area contributed by atoms with Crippen LogP contribution in [0.5, 0.6) is 0 Å². The molecule has 0 aliphatic rings. The van der Waals surface area contributed by atoms with E-state index < -0.39 is 5.97 Å². The van der Waals surface area contributed by atoms with Crippen molar-refractivity contribution in [2.45, 2.75) is 0 Å². The Morgan fingerprint density at radius 3 is 2.79 bits per heavy atom. The molecular weight excluding hydrogens is 202 g/mol. The Hall–Kier alpha value is -1.61. The smallest absolute Gasteiger partial charge is 0.336 e. The minimum absolute atomic E-state index is 0.242. The Morgan fingerprint density at radius 2 is 2.07 bits per heavy atom. The van der Waals surface area contributed by atoms with Gasteiger partial charge in [0.05, 0.1) is 5.56 Å². The second-order valence-electron chi connectivity index (χ2n) is 2.81. The maximum atomic E-state index is 10.9. The van der Waals surface area contributed by atoms with Gasteiger partial charge in [-0.25, -0.2) is 9.78 Å². The predicted octanol–water partition coefficient (Wildman–Crippen LogP) is 2.59. The molecule has 3 nitrogen and oxygen atoms in total. The van der Waals surface area contributed by atoms with Crippen molar-refractivity contribution in [1.82, 2.24) is 4.98 Å². The summed E-state index contributed by atoms with van der Waals surface area (Å²) in [7, 11) is 0. The summed E-state index contributed by atoms with van der Waals surface area (Å²) in [5.41, 5.74) is 0.242. The number of carboxylic acid groups (broad SMARTS) is 1. The molecular formula is C10H6ClNO2. The van der Waals surface area contributed by atoms with Gasteiger partial charge >= 0.3 is 5.97 Å². The van der Waals surface area contributed by atoms with E-state index in [1.165, 1.54) is 6.20 Å². The molecule has 0 bridgehead atoms. The van der Waals surface area contributed by atoms with Crippen molar-refractivity contribution >= 4 is 28.3 Å². The van der Waals surface area contributed by atoms with E-state index in [-0.39, 0.29) is 5.56 Å². The van der Waals surface area contributed by atoms with Crippen molar-refractivity contribution in [3.8, 4) is 0 Å². The molecule has 70 valence electrons. The molecule has 0 radical (unpaired) electrons. The molecule has 0 fully saturated rings. The first-order valence-corrected chi connectivity index (χ1v) is 4.34. The number of benzene rings is 1. The Kier molecular flexibility index (Phi) is 2.09. The van der Waals surface area contributed by atoms with Crippen LogP contribution in [0.25, 0.3) is 10.8 Å². The molecule has 0 atom stereocenters. The largest absolute Gasteiger partial charge is 0.478 e. The number of pyridine rings is 1. The number of aromatic nitrogens is 1. The van der Waals surface area contributed by atoms with Crippen LogP contribution in [0.2, 0.25) is 5.15 Å². The molecule has 0 saturated heterocycles. The molecule has 0 aliphatic carbocycles. The zero-order valence-corrected chi connectivity index (χ0v) is 7.82. The van der Waals surface area contributed by atoms with Crippen LogP contribution in [-0.4, -0.2) is 16.1 Å². The topological polar surface area (TPSA) is 50.2 Å². The molecule has 0 aliphatic heterocycles. The molecule has 14 heavy (non-hydrogen) atoms. The number of hydrogen-bond acceptors (Lipinski definition) is 2. The van der Waals surface area contributed by atoms with Crippen LogP contribution in [0.15, 0.2) is 30.5 Å².